The number of benzene rings is 2. The quantitative estimate of drug-likeness (QED) is 0.555. The van der Waals surface area contributed by atoms with E-state index in [1.165, 1.54) is 25.3 Å². The predicted molar refractivity (Wildman–Crippen MR) is 93.6 cm³/mol. The number of nitrogens with two attached hydrogens (primary N) is 2. The molecule has 2 aromatic carbocycles. The minimum atomic E-state index is -0.675. The third kappa shape index (κ3) is 4.57. The van der Waals surface area contributed by atoms with Crippen LogP contribution in [-0.4, -0.2) is 25.0 Å². The number of ether oxygens (including phenoxy) is 1. The number of anilines is 2. The van der Waals surface area contributed by atoms with Gasteiger partial charge in [-0.1, -0.05) is 30.3 Å². The lowest BCUT2D eigenvalue weighted by Gasteiger charge is -2.14. The van der Waals surface area contributed by atoms with Gasteiger partial charge in [0.05, 0.1) is 30.1 Å². The molecule has 0 unspecified atom stereocenters. The van der Waals surface area contributed by atoms with Crippen molar-refractivity contribution in [2.45, 2.75) is 18.9 Å². The average Bonchev–Trinajstić information content (AvgIpc) is 2.61. The molecule has 0 aromatic heterocycles. The molecule has 0 saturated carbocycles. The third-order valence-corrected chi connectivity index (χ3v) is 3.66. The second kappa shape index (κ2) is 8.12. The first kappa shape index (κ1) is 17.5. The standard InChI is InChI=1S/C18H21N3O3/c1-24-18(23)13-8-10-14(19)16(11-13)21-17(22)15(20)9-7-12-5-3-2-4-6-12/h2-6,8,10-11,15H,7,9,19-20H2,1H3,(H,21,22)/t15-/m0/s1. The number of aryl methyl sites for hydroxylation is 1. The zero-order chi connectivity index (χ0) is 17.5. The summed E-state index contributed by atoms with van der Waals surface area (Å²) in [6, 6.07) is 13.7. The Morgan fingerprint density at radius 1 is 1.17 bits per heavy atom. The number of rotatable bonds is 6. The van der Waals surface area contributed by atoms with Gasteiger partial charge in [0.15, 0.2) is 0 Å². The van der Waals surface area contributed by atoms with E-state index in [1.807, 2.05) is 30.3 Å². The number of nitrogens with one attached hydrogen (secondary N) is 1. The molecular formula is C18H21N3O3. The van der Waals surface area contributed by atoms with E-state index >= 15 is 0 Å². The molecule has 126 valence electrons. The first-order valence-corrected chi connectivity index (χ1v) is 7.59. The fourth-order valence-electron chi connectivity index (χ4n) is 2.23. The fourth-order valence-corrected chi connectivity index (χ4v) is 2.23. The van der Waals surface area contributed by atoms with E-state index in [2.05, 4.69) is 10.1 Å². The Bertz CT molecular complexity index is 717. The molecule has 24 heavy (non-hydrogen) atoms. The SMILES string of the molecule is COC(=O)c1ccc(N)c(NC(=O)[C@@H](N)CCc2ccccc2)c1. The molecule has 0 radical (unpaired) electrons. The lowest BCUT2D eigenvalue weighted by atomic mass is 10.1. The molecule has 1 atom stereocenters. The summed E-state index contributed by atoms with van der Waals surface area (Å²) < 4.78 is 4.65. The van der Waals surface area contributed by atoms with Gasteiger partial charge in [-0.2, -0.15) is 0 Å². The molecule has 1 amide bonds. The lowest BCUT2D eigenvalue weighted by molar-refractivity contribution is -0.117. The average molecular weight is 327 g/mol. The highest BCUT2D eigenvalue weighted by Crippen LogP contribution is 2.21. The maximum atomic E-state index is 12.2. The summed E-state index contributed by atoms with van der Waals surface area (Å²) in [7, 11) is 1.29. The molecule has 0 saturated heterocycles. The predicted octanol–water partition coefficient (Wildman–Crippen LogP) is 1.95. The fraction of sp³-hybridized carbons (Fsp3) is 0.222. The van der Waals surface area contributed by atoms with E-state index < -0.39 is 12.0 Å². The largest absolute Gasteiger partial charge is 0.465 e. The van der Waals surface area contributed by atoms with E-state index in [-0.39, 0.29) is 5.91 Å². The zero-order valence-corrected chi connectivity index (χ0v) is 13.5. The molecule has 0 aliphatic rings. The van der Waals surface area contributed by atoms with Crippen LogP contribution < -0.4 is 16.8 Å². The molecule has 0 aliphatic carbocycles. The summed E-state index contributed by atoms with van der Waals surface area (Å²) in [5.41, 5.74) is 13.9. The summed E-state index contributed by atoms with van der Waals surface area (Å²) in [5, 5.41) is 2.67. The Kier molecular flexibility index (Phi) is 5.92. The van der Waals surface area contributed by atoms with E-state index in [4.69, 9.17) is 11.5 Å². The van der Waals surface area contributed by atoms with Crippen molar-refractivity contribution in [3.05, 3.63) is 59.7 Å². The van der Waals surface area contributed by atoms with Gasteiger partial charge in [-0.05, 0) is 36.6 Å². The van der Waals surface area contributed by atoms with Crippen molar-refractivity contribution in [1.82, 2.24) is 0 Å². The normalized spacial score (nSPS) is 11.6. The highest BCUT2D eigenvalue weighted by molar-refractivity contribution is 5.99. The Morgan fingerprint density at radius 2 is 1.88 bits per heavy atom. The summed E-state index contributed by atoms with van der Waals surface area (Å²) in [6.07, 6.45) is 1.21. The molecule has 2 rings (SSSR count). The van der Waals surface area contributed by atoms with Crippen molar-refractivity contribution in [3.8, 4) is 0 Å². The van der Waals surface area contributed by atoms with Gasteiger partial charge in [0.1, 0.15) is 0 Å². The summed E-state index contributed by atoms with van der Waals surface area (Å²) in [5.74, 6) is -0.849. The molecule has 0 heterocycles. The number of hydrogen-bond donors (Lipinski definition) is 3. The maximum absolute atomic E-state index is 12.2. The minimum absolute atomic E-state index is 0.305. The highest BCUT2D eigenvalue weighted by atomic mass is 16.5. The van der Waals surface area contributed by atoms with Crippen LogP contribution in [0.2, 0.25) is 0 Å². The van der Waals surface area contributed by atoms with E-state index in [1.54, 1.807) is 0 Å². The van der Waals surface area contributed by atoms with Crippen LogP contribution in [-0.2, 0) is 16.0 Å². The van der Waals surface area contributed by atoms with Crippen LogP contribution >= 0.6 is 0 Å². The molecule has 5 N–H and O–H groups in total. The number of nitrogen functional groups attached to an aromatic ring is 1. The molecule has 0 aliphatic heterocycles. The first-order chi connectivity index (χ1) is 11.5. The van der Waals surface area contributed by atoms with Crippen LogP contribution in [0.25, 0.3) is 0 Å². The van der Waals surface area contributed by atoms with Gasteiger partial charge in [0.25, 0.3) is 0 Å². The number of carbonyl (C=O) groups is 2. The van der Waals surface area contributed by atoms with Crippen molar-refractivity contribution in [3.63, 3.8) is 0 Å². The number of amides is 1. The summed E-state index contributed by atoms with van der Waals surface area (Å²) in [4.78, 5) is 23.8. The van der Waals surface area contributed by atoms with Gasteiger partial charge in [-0.25, -0.2) is 4.79 Å². The van der Waals surface area contributed by atoms with Gasteiger partial charge in [-0.3, -0.25) is 4.79 Å². The third-order valence-electron chi connectivity index (χ3n) is 3.66. The second-order valence-electron chi connectivity index (χ2n) is 5.41. The van der Waals surface area contributed by atoms with Gasteiger partial charge in [0, 0.05) is 0 Å². The van der Waals surface area contributed by atoms with Gasteiger partial charge >= 0.3 is 5.97 Å². The number of methoxy groups -OCH3 is 1. The molecule has 0 spiro atoms. The van der Waals surface area contributed by atoms with Crippen molar-refractivity contribution in [2.75, 3.05) is 18.2 Å². The second-order valence-corrected chi connectivity index (χ2v) is 5.41. The minimum Gasteiger partial charge on any atom is -0.465 e. The van der Waals surface area contributed by atoms with Crippen LogP contribution in [0.15, 0.2) is 48.5 Å². The first-order valence-electron chi connectivity index (χ1n) is 7.59. The van der Waals surface area contributed by atoms with Crippen LogP contribution in [0.1, 0.15) is 22.3 Å². The molecule has 0 bridgehead atoms. The molecule has 6 nitrogen and oxygen atoms in total. The summed E-state index contributed by atoms with van der Waals surface area (Å²) >= 11 is 0. The van der Waals surface area contributed by atoms with E-state index in [9.17, 15) is 9.59 Å². The Labute approximate surface area is 140 Å². The van der Waals surface area contributed by atoms with Crippen molar-refractivity contribution >= 4 is 23.3 Å². The Balaban J connectivity index is 1.99. The van der Waals surface area contributed by atoms with Crippen molar-refractivity contribution in [1.29, 1.82) is 0 Å². The van der Waals surface area contributed by atoms with Gasteiger partial charge in [-0.15, -0.1) is 0 Å². The number of esters is 1. The van der Waals surface area contributed by atoms with Gasteiger partial charge < -0.3 is 21.5 Å². The van der Waals surface area contributed by atoms with Crippen molar-refractivity contribution in [2.24, 2.45) is 5.73 Å². The Morgan fingerprint density at radius 3 is 2.54 bits per heavy atom. The van der Waals surface area contributed by atoms with E-state index in [0.29, 0.717) is 29.8 Å². The van der Waals surface area contributed by atoms with Crippen LogP contribution in [0.5, 0.6) is 0 Å². The monoisotopic (exact) mass is 327 g/mol. The zero-order valence-electron chi connectivity index (χ0n) is 13.5. The number of hydrogen-bond acceptors (Lipinski definition) is 5. The van der Waals surface area contributed by atoms with Crippen LogP contribution in [0.4, 0.5) is 11.4 Å². The maximum Gasteiger partial charge on any atom is 0.337 e. The van der Waals surface area contributed by atoms with Crippen LogP contribution in [0.3, 0.4) is 0 Å². The molecule has 0 fully saturated rings. The lowest BCUT2D eigenvalue weighted by Crippen LogP contribution is -2.36. The molecular weight excluding hydrogens is 306 g/mol. The highest BCUT2D eigenvalue weighted by Gasteiger charge is 2.16. The van der Waals surface area contributed by atoms with Crippen LogP contribution in [0, 0.1) is 0 Å². The number of carbonyl (C=O) groups excluding carboxylic acids is 2. The smallest absolute Gasteiger partial charge is 0.337 e. The van der Waals surface area contributed by atoms with Crippen molar-refractivity contribution < 1.29 is 14.3 Å². The summed E-state index contributed by atoms with van der Waals surface area (Å²) in [6.45, 7) is 0. The molecule has 2 aromatic rings. The van der Waals surface area contributed by atoms with Gasteiger partial charge in [0.2, 0.25) is 5.91 Å². The Hall–Kier alpha value is -2.86. The topological polar surface area (TPSA) is 107 Å². The van der Waals surface area contributed by atoms with E-state index in [0.717, 1.165) is 5.56 Å². The molecule has 6 heteroatoms.